The molecule has 2 aromatic rings. The number of likely N-dealkylation sites (N-methyl/N-ethyl adjacent to an activating group) is 1. The summed E-state index contributed by atoms with van der Waals surface area (Å²) in [5.74, 6) is -0.962. The van der Waals surface area contributed by atoms with Gasteiger partial charge in [-0.1, -0.05) is 6.92 Å². The van der Waals surface area contributed by atoms with E-state index in [2.05, 4.69) is 17.1 Å². The summed E-state index contributed by atoms with van der Waals surface area (Å²) in [6.07, 6.45) is 4.70. The Bertz CT molecular complexity index is 1410. The predicted octanol–water partition coefficient (Wildman–Crippen LogP) is 3.97. The number of carbonyl (C=O) groups is 3. The average molecular weight is 617 g/mol. The highest BCUT2D eigenvalue weighted by Crippen LogP contribution is 2.38. The van der Waals surface area contributed by atoms with E-state index in [0.29, 0.717) is 35.6 Å². The normalized spacial score (nSPS) is 18.9. The van der Waals surface area contributed by atoms with Crippen LogP contribution in [-0.2, 0) is 32.5 Å². The molecule has 0 bridgehead atoms. The summed E-state index contributed by atoms with van der Waals surface area (Å²) in [7, 11) is -3.77. The molecule has 0 spiro atoms. The molecule has 3 aliphatic heterocycles. The van der Waals surface area contributed by atoms with Crippen molar-refractivity contribution in [2.45, 2.75) is 63.8 Å². The van der Waals surface area contributed by atoms with Gasteiger partial charge < -0.3 is 15.0 Å². The number of fused-ring (bicyclic) bond motifs is 1. The van der Waals surface area contributed by atoms with E-state index in [9.17, 15) is 22.8 Å². The van der Waals surface area contributed by atoms with Gasteiger partial charge in [-0.05, 0) is 81.8 Å². The smallest absolute Gasteiger partial charge is 0.309 e. The van der Waals surface area contributed by atoms with Gasteiger partial charge >= 0.3 is 5.97 Å². The van der Waals surface area contributed by atoms with Crippen LogP contribution in [-0.4, -0.2) is 86.2 Å². The van der Waals surface area contributed by atoms with Crippen LogP contribution in [0.25, 0.3) is 0 Å². The molecule has 0 aliphatic carbocycles. The van der Waals surface area contributed by atoms with Crippen molar-refractivity contribution in [3.63, 3.8) is 0 Å². The molecule has 1 aromatic carbocycles. The zero-order chi connectivity index (χ0) is 29.9. The van der Waals surface area contributed by atoms with Gasteiger partial charge in [-0.2, -0.15) is 4.31 Å². The minimum Gasteiger partial charge on any atom is -0.466 e. The van der Waals surface area contributed by atoms with Gasteiger partial charge in [0.15, 0.2) is 0 Å². The summed E-state index contributed by atoms with van der Waals surface area (Å²) in [5, 5.41) is 3.56. The van der Waals surface area contributed by atoms with E-state index in [1.165, 1.54) is 39.9 Å². The van der Waals surface area contributed by atoms with Gasteiger partial charge in [0.1, 0.15) is 5.00 Å². The fourth-order valence-corrected chi connectivity index (χ4v) is 8.74. The molecule has 0 saturated carbocycles. The number of thiophene rings is 1. The van der Waals surface area contributed by atoms with Gasteiger partial charge in [0.2, 0.25) is 10.0 Å². The second kappa shape index (κ2) is 13.2. The highest BCUT2D eigenvalue weighted by atomic mass is 32.2. The number of ether oxygens (including phenoxy) is 1. The molecule has 3 aliphatic rings. The number of hydrogen-bond donors (Lipinski definition) is 1. The first-order chi connectivity index (χ1) is 20.2. The van der Waals surface area contributed by atoms with Crippen molar-refractivity contribution in [3.8, 4) is 0 Å². The molecule has 0 unspecified atom stereocenters. The topological polar surface area (TPSA) is 116 Å². The molecular weight excluding hydrogens is 576 g/mol. The molecule has 0 atom stereocenters. The Morgan fingerprint density at radius 2 is 1.67 bits per heavy atom. The molecule has 1 N–H and O–H groups in total. The summed E-state index contributed by atoms with van der Waals surface area (Å²) < 4.78 is 33.0. The van der Waals surface area contributed by atoms with E-state index < -0.39 is 10.0 Å². The predicted molar refractivity (Wildman–Crippen MR) is 161 cm³/mol. The van der Waals surface area contributed by atoms with Gasteiger partial charge in [0.05, 0.1) is 23.0 Å². The highest BCUT2D eigenvalue weighted by molar-refractivity contribution is 7.89. The third-order valence-corrected chi connectivity index (χ3v) is 11.5. The van der Waals surface area contributed by atoms with Crippen molar-refractivity contribution in [1.82, 2.24) is 14.1 Å². The highest BCUT2D eigenvalue weighted by Gasteiger charge is 2.34. The Labute approximate surface area is 252 Å². The molecule has 42 heavy (non-hydrogen) atoms. The number of rotatable bonds is 8. The van der Waals surface area contributed by atoms with Crippen molar-refractivity contribution in [2.24, 2.45) is 5.92 Å². The third kappa shape index (κ3) is 6.41. The lowest BCUT2D eigenvalue weighted by Crippen LogP contribution is -2.40. The molecule has 2 saturated heterocycles. The summed E-state index contributed by atoms with van der Waals surface area (Å²) >= 11 is 1.47. The van der Waals surface area contributed by atoms with Crippen LogP contribution in [0, 0.1) is 5.92 Å². The molecule has 10 nitrogen and oxygen atoms in total. The van der Waals surface area contributed by atoms with E-state index in [0.717, 1.165) is 68.8 Å². The average Bonchev–Trinajstić information content (AvgIpc) is 3.38. The first-order valence-corrected chi connectivity index (χ1v) is 17.2. The second-order valence-corrected chi connectivity index (χ2v) is 14.1. The van der Waals surface area contributed by atoms with Crippen molar-refractivity contribution >= 4 is 44.1 Å². The van der Waals surface area contributed by atoms with Crippen LogP contribution >= 0.6 is 11.3 Å². The lowest BCUT2D eigenvalue weighted by molar-refractivity contribution is -0.149. The van der Waals surface area contributed by atoms with E-state index in [-0.39, 0.29) is 41.7 Å². The molecule has 12 heteroatoms. The maximum Gasteiger partial charge on any atom is 0.309 e. The van der Waals surface area contributed by atoms with Crippen molar-refractivity contribution in [2.75, 3.05) is 51.2 Å². The number of anilines is 1. The van der Waals surface area contributed by atoms with Gasteiger partial charge in [0, 0.05) is 49.7 Å². The number of sulfonamides is 1. The minimum absolute atomic E-state index is 0.0133. The monoisotopic (exact) mass is 616 g/mol. The fraction of sp³-hybridized carbons (Fsp3) is 0.567. The summed E-state index contributed by atoms with van der Waals surface area (Å²) in [6, 6.07) is 5.90. The summed E-state index contributed by atoms with van der Waals surface area (Å²) in [4.78, 5) is 44.5. The molecular formula is C30H40N4O6S2. The molecule has 0 radical (unpaired) electrons. The Hall–Kier alpha value is -2.80. The zero-order valence-electron chi connectivity index (χ0n) is 24.4. The number of nitrogens with one attached hydrogen (secondary N) is 1. The Balaban J connectivity index is 1.31. The van der Waals surface area contributed by atoms with Crippen molar-refractivity contribution in [1.29, 1.82) is 0 Å². The van der Waals surface area contributed by atoms with Crippen LogP contribution in [0.4, 0.5) is 5.00 Å². The molecule has 1 aromatic heterocycles. The molecule has 2 amide bonds. The quantitative estimate of drug-likeness (QED) is 0.446. The molecule has 5 rings (SSSR count). The summed E-state index contributed by atoms with van der Waals surface area (Å²) in [6.45, 7) is 8.68. The maximum atomic E-state index is 13.7. The van der Waals surface area contributed by atoms with Crippen LogP contribution in [0.15, 0.2) is 29.2 Å². The number of carbonyl (C=O) groups excluding carboxylic acids is 3. The number of hydrogen-bond acceptors (Lipinski definition) is 8. The first-order valence-electron chi connectivity index (χ1n) is 15.0. The minimum atomic E-state index is -3.77. The number of benzene rings is 1. The number of piperidine rings is 2. The van der Waals surface area contributed by atoms with Gasteiger partial charge in [-0.3, -0.25) is 19.3 Å². The van der Waals surface area contributed by atoms with E-state index in [4.69, 9.17) is 4.74 Å². The Morgan fingerprint density at radius 1 is 0.976 bits per heavy atom. The number of likely N-dealkylation sites (tertiary alicyclic amines) is 1. The van der Waals surface area contributed by atoms with E-state index in [1.807, 2.05) is 4.90 Å². The molecule has 228 valence electrons. The number of amides is 2. The first kappa shape index (κ1) is 30.7. The number of esters is 1. The van der Waals surface area contributed by atoms with E-state index in [1.54, 1.807) is 6.92 Å². The maximum absolute atomic E-state index is 13.7. The second-order valence-electron chi connectivity index (χ2n) is 11.1. The van der Waals surface area contributed by atoms with Crippen LogP contribution in [0.2, 0.25) is 0 Å². The third-order valence-electron chi connectivity index (χ3n) is 8.50. The molecule has 4 heterocycles. The van der Waals surface area contributed by atoms with Crippen LogP contribution in [0.5, 0.6) is 0 Å². The van der Waals surface area contributed by atoms with Crippen molar-refractivity contribution in [3.05, 3.63) is 45.8 Å². The largest absolute Gasteiger partial charge is 0.466 e. The summed E-state index contributed by atoms with van der Waals surface area (Å²) in [5.41, 5.74) is 1.98. The lowest BCUT2D eigenvalue weighted by Gasteiger charge is -2.30. The van der Waals surface area contributed by atoms with Gasteiger partial charge in [-0.15, -0.1) is 11.3 Å². The van der Waals surface area contributed by atoms with Gasteiger partial charge in [-0.25, -0.2) is 8.42 Å². The van der Waals surface area contributed by atoms with E-state index >= 15 is 0 Å². The van der Waals surface area contributed by atoms with Crippen molar-refractivity contribution < 1.29 is 27.5 Å². The number of nitrogens with zero attached hydrogens (tertiary/aromatic N) is 3. The van der Waals surface area contributed by atoms with Crippen LogP contribution in [0.3, 0.4) is 0 Å². The zero-order valence-corrected chi connectivity index (χ0v) is 26.0. The van der Waals surface area contributed by atoms with Crippen LogP contribution in [0.1, 0.15) is 77.1 Å². The van der Waals surface area contributed by atoms with Crippen LogP contribution < -0.4 is 5.32 Å². The Morgan fingerprint density at radius 3 is 2.31 bits per heavy atom. The Kier molecular flexibility index (Phi) is 9.66. The standard InChI is InChI=1S/C30H40N4O6S2/c1-3-32-17-14-24-25(20-32)41-28(26(24)29(36)33-15-6-5-7-16-33)31-27(35)21-8-10-23(11-9-21)42(38,39)34-18-12-22(13-19-34)30(37)40-4-2/h8-11,22H,3-7,12-20H2,1-2H3,(H,31,35). The SMILES string of the molecule is CCOC(=O)C1CCN(S(=O)(=O)c2ccc(C(=O)Nc3sc4c(c3C(=O)N3CCCCC3)CCN(CC)C4)cc2)CC1. The lowest BCUT2D eigenvalue weighted by atomic mass is 9.98. The fourth-order valence-electron chi connectivity index (χ4n) is 5.99. The van der Waals surface area contributed by atoms with Gasteiger partial charge in [0.25, 0.3) is 11.8 Å². The molecule has 2 fully saturated rings.